The molecule has 6 nitrogen and oxygen atoms in total. The maximum absolute atomic E-state index is 4.90. The van der Waals surface area contributed by atoms with Gasteiger partial charge in [-0.05, 0) is 0 Å². The number of aliphatic imine (C=N–C) groups is 3. The van der Waals surface area contributed by atoms with Gasteiger partial charge in [0.25, 0.3) is 0 Å². The van der Waals surface area contributed by atoms with Gasteiger partial charge in [0.2, 0.25) is 0 Å². The highest BCUT2D eigenvalue weighted by Gasteiger charge is 1.96. The number of nitrogens with zero attached hydrogens (tertiary/aromatic N) is 3. The van der Waals surface area contributed by atoms with E-state index in [2.05, 4.69) is 24.5 Å². The Morgan fingerprint density at radius 2 is 1.56 bits per heavy atom. The van der Waals surface area contributed by atoms with Crippen LogP contribution in [0.5, 0.6) is 0 Å². The smallest absolute Gasteiger partial charge is 0.180 e. The standard InChI is InChI=1S/C4H7NO.2C3H5NO/c1-4-5-2-3-6-4;2*1-2-5-3-4-1/h2-3H2,1H3;2*3H,1-2H2. The molecule has 0 aliphatic carbocycles. The summed E-state index contributed by atoms with van der Waals surface area (Å²) < 4.78 is 14.2. The van der Waals surface area contributed by atoms with Gasteiger partial charge < -0.3 is 14.2 Å². The molecule has 3 aliphatic rings. The lowest BCUT2D eigenvalue weighted by Crippen LogP contribution is -1.89. The molecule has 0 saturated carbocycles. The zero-order chi connectivity index (χ0) is 11.5. The van der Waals surface area contributed by atoms with Crippen molar-refractivity contribution in [3.05, 3.63) is 0 Å². The summed E-state index contributed by atoms with van der Waals surface area (Å²) >= 11 is 0. The van der Waals surface area contributed by atoms with Crippen molar-refractivity contribution in [2.45, 2.75) is 6.92 Å². The van der Waals surface area contributed by atoms with Crippen LogP contribution in [0.25, 0.3) is 0 Å². The third-order valence-corrected chi connectivity index (χ3v) is 1.71. The maximum atomic E-state index is 4.90. The second-order valence-electron chi connectivity index (χ2n) is 3.01. The fraction of sp³-hybridized carbons (Fsp3) is 0.700. The molecular formula is C10H17N3O3. The average Bonchev–Trinajstić information content (AvgIpc) is 3.07. The van der Waals surface area contributed by atoms with E-state index >= 15 is 0 Å². The van der Waals surface area contributed by atoms with E-state index in [0.717, 1.165) is 45.4 Å². The van der Waals surface area contributed by atoms with Crippen LogP contribution in [0, 0.1) is 0 Å². The van der Waals surface area contributed by atoms with Crippen LogP contribution in [-0.2, 0) is 14.2 Å². The molecule has 0 unspecified atom stereocenters. The Bertz CT molecular complexity index is 236. The van der Waals surface area contributed by atoms with Gasteiger partial charge in [0, 0.05) is 6.92 Å². The molecule has 16 heavy (non-hydrogen) atoms. The maximum Gasteiger partial charge on any atom is 0.180 e. The minimum absolute atomic E-state index is 0.778. The van der Waals surface area contributed by atoms with E-state index in [0.29, 0.717) is 0 Å². The summed E-state index contributed by atoms with van der Waals surface area (Å²) in [5, 5.41) is 0. The topological polar surface area (TPSA) is 64.8 Å². The third kappa shape index (κ3) is 6.80. The van der Waals surface area contributed by atoms with Crippen LogP contribution in [0.3, 0.4) is 0 Å². The molecule has 0 aromatic rings. The number of rotatable bonds is 0. The van der Waals surface area contributed by atoms with Crippen molar-refractivity contribution in [1.29, 1.82) is 0 Å². The summed E-state index contributed by atoms with van der Waals surface area (Å²) in [5.41, 5.74) is 0. The number of hydrogen-bond acceptors (Lipinski definition) is 6. The van der Waals surface area contributed by atoms with Crippen molar-refractivity contribution in [2.75, 3.05) is 39.5 Å². The molecule has 3 aliphatic heterocycles. The summed E-state index contributed by atoms with van der Waals surface area (Å²) in [6.07, 6.45) is 2.97. The monoisotopic (exact) mass is 227 g/mol. The van der Waals surface area contributed by atoms with Crippen molar-refractivity contribution in [1.82, 2.24) is 0 Å². The summed E-state index contributed by atoms with van der Waals surface area (Å²) in [7, 11) is 0. The molecule has 90 valence electrons. The molecule has 0 amide bonds. The first-order valence-corrected chi connectivity index (χ1v) is 5.23. The SMILES string of the molecule is C1=NCCO1.C1=NCCO1.CC1=NCCO1. The van der Waals surface area contributed by atoms with Crippen LogP contribution in [0.15, 0.2) is 15.0 Å². The lowest BCUT2D eigenvalue weighted by atomic mass is 10.8. The van der Waals surface area contributed by atoms with Crippen LogP contribution in [-0.4, -0.2) is 58.2 Å². The third-order valence-electron chi connectivity index (χ3n) is 1.71. The Morgan fingerprint density at radius 3 is 1.69 bits per heavy atom. The molecule has 0 saturated heterocycles. The van der Waals surface area contributed by atoms with Crippen LogP contribution in [0.1, 0.15) is 6.92 Å². The zero-order valence-electron chi connectivity index (χ0n) is 9.46. The number of hydrogen-bond donors (Lipinski definition) is 0. The van der Waals surface area contributed by atoms with Crippen LogP contribution in [0.4, 0.5) is 0 Å². The average molecular weight is 227 g/mol. The molecule has 0 spiro atoms. The highest BCUT2D eigenvalue weighted by Crippen LogP contribution is 1.89. The van der Waals surface area contributed by atoms with E-state index in [1.165, 1.54) is 12.8 Å². The van der Waals surface area contributed by atoms with Crippen molar-refractivity contribution in [3.8, 4) is 0 Å². The summed E-state index contributed by atoms with van der Waals surface area (Å²) in [4.78, 5) is 11.4. The van der Waals surface area contributed by atoms with Crippen LogP contribution < -0.4 is 0 Å². The lowest BCUT2D eigenvalue weighted by Gasteiger charge is -1.86. The Kier molecular flexibility index (Phi) is 6.78. The minimum Gasteiger partial charge on any atom is -0.482 e. The van der Waals surface area contributed by atoms with Crippen molar-refractivity contribution < 1.29 is 14.2 Å². The Balaban J connectivity index is 0.000000121. The lowest BCUT2D eigenvalue weighted by molar-refractivity contribution is 0.345. The predicted molar refractivity (Wildman–Crippen MR) is 62.6 cm³/mol. The van der Waals surface area contributed by atoms with E-state index in [1.54, 1.807) is 0 Å². The van der Waals surface area contributed by atoms with Crippen molar-refractivity contribution in [2.24, 2.45) is 15.0 Å². The van der Waals surface area contributed by atoms with Crippen LogP contribution in [0.2, 0.25) is 0 Å². The normalized spacial score (nSPS) is 19.4. The molecule has 3 heterocycles. The van der Waals surface area contributed by atoms with Crippen LogP contribution >= 0.6 is 0 Å². The summed E-state index contributed by atoms with van der Waals surface area (Å²) in [6, 6.07) is 0. The van der Waals surface area contributed by atoms with E-state index in [-0.39, 0.29) is 0 Å². The first-order chi connectivity index (χ1) is 7.89. The van der Waals surface area contributed by atoms with Gasteiger partial charge in [-0.25, -0.2) is 0 Å². The second kappa shape index (κ2) is 8.70. The van der Waals surface area contributed by atoms with E-state index < -0.39 is 0 Å². The minimum atomic E-state index is 0.778. The van der Waals surface area contributed by atoms with Crippen molar-refractivity contribution in [3.63, 3.8) is 0 Å². The first-order valence-electron chi connectivity index (χ1n) is 5.23. The fourth-order valence-electron chi connectivity index (χ4n) is 0.969. The molecule has 3 rings (SSSR count). The van der Waals surface area contributed by atoms with E-state index in [4.69, 9.17) is 4.74 Å². The van der Waals surface area contributed by atoms with Gasteiger partial charge in [0.15, 0.2) is 18.7 Å². The van der Waals surface area contributed by atoms with Gasteiger partial charge >= 0.3 is 0 Å². The number of ether oxygens (including phenoxy) is 3. The molecule has 0 aromatic carbocycles. The molecule has 0 N–H and O–H groups in total. The van der Waals surface area contributed by atoms with Gasteiger partial charge in [-0.3, -0.25) is 15.0 Å². The highest BCUT2D eigenvalue weighted by atomic mass is 16.5. The van der Waals surface area contributed by atoms with Gasteiger partial charge in [0.1, 0.15) is 19.8 Å². The fourth-order valence-corrected chi connectivity index (χ4v) is 0.969. The predicted octanol–water partition coefficient (Wildman–Crippen LogP) is 0.525. The second-order valence-corrected chi connectivity index (χ2v) is 3.01. The summed E-state index contributed by atoms with van der Waals surface area (Å²) in [5.74, 6) is 0.829. The largest absolute Gasteiger partial charge is 0.482 e. The van der Waals surface area contributed by atoms with Gasteiger partial charge in [0.05, 0.1) is 19.6 Å². The van der Waals surface area contributed by atoms with Crippen molar-refractivity contribution >= 4 is 18.7 Å². The van der Waals surface area contributed by atoms with Gasteiger partial charge in [-0.2, -0.15) is 0 Å². The Morgan fingerprint density at radius 1 is 0.938 bits per heavy atom. The molecule has 6 heteroatoms. The molecule has 0 aromatic heterocycles. The molecular weight excluding hydrogens is 210 g/mol. The first kappa shape index (κ1) is 12.5. The van der Waals surface area contributed by atoms with E-state index in [1.807, 2.05) is 6.92 Å². The summed E-state index contributed by atoms with van der Waals surface area (Å²) in [6.45, 7) is 6.75. The highest BCUT2D eigenvalue weighted by molar-refractivity contribution is 5.74. The molecule has 0 bridgehead atoms. The Labute approximate surface area is 95.0 Å². The molecule has 0 radical (unpaired) electrons. The zero-order valence-corrected chi connectivity index (χ0v) is 9.46. The van der Waals surface area contributed by atoms with E-state index in [9.17, 15) is 0 Å². The Hall–Kier alpha value is -1.59. The van der Waals surface area contributed by atoms with Gasteiger partial charge in [-0.15, -0.1) is 0 Å². The quantitative estimate of drug-likeness (QED) is 0.606. The van der Waals surface area contributed by atoms with Gasteiger partial charge in [-0.1, -0.05) is 0 Å². The molecule has 0 atom stereocenters. The molecule has 0 fully saturated rings.